The number of guanidine groups is 1. The molecule has 0 unspecified atom stereocenters. The molecular weight excluding hydrogens is 337 g/mol. The van der Waals surface area contributed by atoms with E-state index in [1.54, 1.807) is 19.2 Å². The molecule has 25 heavy (non-hydrogen) atoms. The number of alkyl halides is 3. The highest BCUT2D eigenvalue weighted by Gasteiger charge is 2.31. The Hall–Kier alpha value is -2.71. The zero-order valence-corrected chi connectivity index (χ0v) is 13.9. The van der Waals surface area contributed by atoms with E-state index < -0.39 is 6.36 Å². The van der Waals surface area contributed by atoms with E-state index in [9.17, 15) is 13.2 Å². The minimum Gasteiger partial charge on any atom is -0.405 e. The number of para-hydroxylation sites is 1. The summed E-state index contributed by atoms with van der Waals surface area (Å²) in [5.41, 5.74) is 1.20. The van der Waals surface area contributed by atoms with Crippen molar-refractivity contribution < 1.29 is 22.4 Å². The van der Waals surface area contributed by atoms with Crippen LogP contribution in [0, 0.1) is 0 Å². The number of hydrogen-bond donors (Lipinski definition) is 2. The van der Waals surface area contributed by atoms with Gasteiger partial charge in [0.2, 0.25) is 0 Å². The van der Waals surface area contributed by atoms with E-state index in [4.69, 9.17) is 4.52 Å². The summed E-state index contributed by atoms with van der Waals surface area (Å²) in [5, 5.41) is 9.81. The average Bonchev–Trinajstić information content (AvgIpc) is 3.03. The molecule has 0 aliphatic carbocycles. The lowest BCUT2D eigenvalue weighted by molar-refractivity contribution is -0.274. The Kier molecular flexibility index (Phi) is 6.26. The molecule has 1 aromatic heterocycles. The Labute approximate surface area is 143 Å². The lowest BCUT2D eigenvalue weighted by Gasteiger charge is -2.15. The molecule has 0 amide bonds. The number of aromatic nitrogens is 1. The van der Waals surface area contributed by atoms with Gasteiger partial charge in [-0.3, -0.25) is 4.99 Å². The lowest BCUT2D eigenvalue weighted by Crippen LogP contribution is -2.36. The molecule has 2 rings (SSSR count). The number of benzene rings is 1. The maximum atomic E-state index is 12.4. The Balaban J connectivity index is 1.92. The van der Waals surface area contributed by atoms with Crippen LogP contribution in [0.25, 0.3) is 0 Å². The van der Waals surface area contributed by atoms with Gasteiger partial charge in [-0.25, -0.2) is 0 Å². The highest BCUT2D eigenvalue weighted by Crippen LogP contribution is 2.26. The molecule has 9 heteroatoms. The lowest BCUT2D eigenvalue weighted by atomic mass is 10.2. The van der Waals surface area contributed by atoms with Gasteiger partial charge in [0.1, 0.15) is 5.75 Å². The summed E-state index contributed by atoms with van der Waals surface area (Å²) < 4.78 is 46.5. The molecule has 136 valence electrons. The summed E-state index contributed by atoms with van der Waals surface area (Å²) in [6.07, 6.45) is -3.97. The van der Waals surface area contributed by atoms with Crippen molar-refractivity contribution in [3.8, 4) is 5.75 Å². The third kappa shape index (κ3) is 6.02. The van der Waals surface area contributed by atoms with E-state index in [-0.39, 0.29) is 12.3 Å². The van der Waals surface area contributed by atoms with Gasteiger partial charge in [-0.15, -0.1) is 13.2 Å². The average molecular weight is 356 g/mol. The second kappa shape index (κ2) is 8.41. The molecule has 0 saturated heterocycles. The highest BCUT2D eigenvalue weighted by molar-refractivity contribution is 5.79. The van der Waals surface area contributed by atoms with Crippen molar-refractivity contribution in [2.24, 2.45) is 4.99 Å². The number of halogens is 3. The predicted octanol–water partition coefficient (Wildman–Crippen LogP) is 3.00. The van der Waals surface area contributed by atoms with Crippen molar-refractivity contribution >= 4 is 5.96 Å². The summed E-state index contributed by atoms with van der Waals surface area (Å²) >= 11 is 0. The Bertz CT molecular complexity index is 713. The number of rotatable bonds is 6. The molecule has 0 fully saturated rings. The van der Waals surface area contributed by atoms with Crippen LogP contribution in [-0.4, -0.2) is 24.5 Å². The van der Waals surface area contributed by atoms with Crippen LogP contribution in [-0.2, 0) is 19.5 Å². The SMILES string of the molecule is CCc1cc(CNC(=NC)NCc2ccccc2OC(F)(F)F)on1. The minimum absolute atomic E-state index is 0.114. The van der Waals surface area contributed by atoms with E-state index in [1.807, 2.05) is 13.0 Å². The van der Waals surface area contributed by atoms with Gasteiger partial charge in [0.15, 0.2) is 11.7 Å². The van der Waals surface area contributed by atoms with Gasteiger partial charge < -0.3 is 19.9 Å². The van der Waals surface area contributed by atoms with E-state index in [1.165, 1.54) is 12.1 Å². The normalized spacial score (nSPS) is 12.1. The fourth-order valence-electron chi connectivity index (χ4n) is 2.05. The summed E-state index contributed by atoms with van der Waals surface area (Å²) in [5.74, 6) is 0.803. The summed E-state index contributed by atoms with van der Waals surface area (Å²) in [6, 6.07) is 7.75. The molecule has 2 N–H and O–H groups in total. The third-order valence-corrected chi connectivity index (χ3v) is 3.27. The molecule has 0 saturated carbocycles. The monoisotopic (exact) mass is 356 g/mol. The fourth-order valence-corrected chi connectivity index (χ4v) is 2.05. The van der Waals surface area contributed by atoms with Crippen molar-refractivity contribution in [1.82, 2.24) is 15.8 Å². The third-order valence-electron chi connectivity index (χ3n) is 3.27. The number of nitrogens with zero attached hydrogens (tertiary/aromatic N) is 2. The van der Waals surface area contributed by atoms with Gasteiger partial charge in [-0.05, 0) is 12.5 Å². The molecule has 1 aromatic carbocycles. The van der Waals surface area contributed by atoms with E-state index in [2.05, 4.69) is 25.5 Å². The smallest absolute Gasteiger partial charge is 0.405 e. The molecule has 2 aromatic rings. The Morgan fingerprint density at radius 2 is 1.96 bits per heavy atom. The maximum absolute atomic E-state index is 12.4. The second-order valence-electron chi connectivity index (χ2n) is 5.07. The summed E-state index contributed by atoms with van der Waals surface area (Å²) in [6.45, 7) is 2.44. The van der Waals surface area contributed by atoms with Crippen LogP contribution >= 0.6 is 0 Å². The van der Waals surface area contributed by atoms with Crippen molar-refractivity contribution in [3.05, 3.63) is 47.3 Å². The van der Waals surface area contributed by atoms with E-state index in [0.29, 0.717) is 23.8 Å². The molecular formula is C16H19F3N4O2. The van der Waals surface area contributed by atoms with Gasteiger partial charge in [0, 0.05) is 25.2 Å². The minimum atomic E-state index is -4.74. The highest BCUT2D eigenvalue weighted by atomic mass is 19.4. The van der Waals surface area contributed by atoms with Gasteiger partial charge in [-0.2, -0.15) is 0 Å². The molecule has 1 heterocycles. The van der Waals surface area contributed by atoms with Crippen molar-refractivity contribution in [3.63, 3.8) is 0 Å². The first kappa shape index (κ1) is 18.6. The largest absolute Gasteiger partial charge is 0.573 e. The molecule has 0 radical (unpaired) electrons. The van der Waals surface area contributed by atoms with Crippen molar-refractivity contribution in [2.75, 3.05) is 7.05 Å². The Morgan fingerprint density at radius 1 is 1.24 bits per heavy atom. The van der Waals surface area contributed by atoms with Crippen LogP contribution in [0.1, 0.15) is 23.9 Å². The Morgan fingerprint density at radius 3 is 2.60 bits per heavy atom. The number of ether oxygens (including phenoxy) is 1. The van der Waals surface area contributed by atoms with Crippen molar-refractivity contribution in [2.45, 2.75) is 32.8 Å². The number of aliphatic imine (C=N–C) groups is 1. The van der Waals surface area contributed by atoms with E-state index in [0.717, 1.165) is 12.1 Å². The number of aryl methyl sites for hydroxylation is 1. The molecule has 0 atom stereocenters. The van der Waals surface area contributed by atoms with Crippen LogP contribution in [0.15, 0.2) is 39.8 Å². The van der Waals surface area contributed by atoms with E-state index >= 15 is 0 Å². The molecule has 6 nitrogen and oxygen atoms in total. The summed E-state index contributed by atoms with van der Waals surface area (Å²) in [4.78, 5) is 4.02. The summed E-state index contributed by atoms with van der Waals surface area (Å²) in [7, 11) is 1.56. The molecule has 0 aliphatic heterocycles. The quantitative estimate of drug-likeness (QED) is 0.615. The molecule has 0 bridgehead atoms. The van der Waals surface area contributed by atoms with Crippen LogP contribution in [0.2, 0.25) is 0 Å². The second-order valence-corrected chi connectivity index (χ2v) is 5.07. The van der Waals surface area contributed by atoms with Crippen LogP contribution in [0.3, 0.4) is 0 Å². The van der Waals surface area contributed by atoms with Gasteiger partial charge >= 0.3 is 6.36 Å². The first-order chi connectivity index (χ1) is 11.9. The van der Waals surface area contributed by atoms with Crippen LogP contribution in [0.4, 0.5) is 13.2 Å². The first-order valence-electron chi connectivity index (χ1n) is 7.64. The zero-order chi connectivity index (χ0) is 18.3. The van der Waals surface area contributed by atoms with Crippen LogP contribution in [0.5, 0.6) is 5.75 Å². The van der Waals surface area contributed by atoms with Gasteiger partial charge in [-0.1, -0.05) is 30.3 Å². The fraction of sp³-hybridized carbons (Fsp3) is 0.375. The van der Waals surface area contributed by atoms with Crippen LogP contribution < -0.4 is 15.4 Å². The standard InChI is InChI=1S/C16H19F3N4O2/c1-3-12-8-13(25-23-12)10-22-15(20-2)21-9-11-6-4-5-7-14(11)24-16(17,18)19/h4-8H,3,9-10H2,1-2H3,(H2,20,21,22). The zero-order valence-electron chi connectivity index (χ0n) is 13.9. The first-order valence-corrected chi connectivity index (χ1v) is 7.64. The van der Waals surface area contributed by atoms with Gasteiger partial charge in [0.05, 0.1) is 12.2 Å². The number of hydrogen-bond acceptors (Lipinski definition) is 4. The topological polar surface area (TPSA) is 71.7 Å². The van der Waals surface area contributed by atoms with Crippen molar-refractivity contribution in [1.29, 1.82) is 0 Å². The maximum Gasteiger partial charge on any atom is 0.573 e. The molecule has 0 aliphatic rings. The van der Waals surface area contributed by atoms with Gasteiger partial charge in [0.25, 0.3) is 0 Å². The molecule has 0 spiro atoms. The number of nitrogens with one attached hydrogen (secondary N) is 2. The predicted molar refractivity (Wildman–Crippen MR) is 86.0 cm³/mol.